The zero-order valence-electron chi connectivity index (χ0n) is 29.5. The number of carbonyl (C=O) groups excluding carboxylic acids is 4. The molecule has 0 unspecified atom stereocenters. The van der Waals surface area contributed by atoms with E-state index in [0.29, 0.717) is 45.0 Å². The minimum absolute atomic E-state index is 0.265. The van der Waals surface area contributed by atoms with Gasteiger partial charge in [-0.25, -0.2) is 29.1 Å². The van der Waals surface area contributed by atoms with Crippen LogP contribution in [0, 0.1) is 0 Å². The van der Waals surface area contributed by atoms with Crippen LogP contribution in [0.3, 0.4) is 0 Å². The summed E-state index contributed by atoms with van der Waals surface area (Å²) in [4.78, 5) is 75.1. The zero-order valence-corrected chi connectivity index (χ0v) is 29.5. The van der Waals surface area contributed by atoms with E-state index in [9.17, 15) is 19.2 Å². The van der Waals surface area contributed by atoms with Crippen molar-refractivity contribution in [3.8, 4) is 0 Å². The molecule has 0 aliphatic rings. The molecule has 14 nitrogen and oxygen atoms in total. The van der Waals surface area contributed by atoms with Crippen molar-refractivity contribution in [2.75, 3.05) is 28.4 Å². The SMILES string of the molecule is COC(=O)c1cncc(/C=C/c2nc(/C=C/c3cncc(C(=O)OC)c3)c(/C=C/c3cncc(C(=O)OC)c3)nc2/C=C/c2cncc(C(=O)OC)c2)c1. The number of carbonyl (C=O) groups is 4. The molecule has 0 bridgehead atoms. The summed E-state index contributed by atoms with van der Waals surface area (Å²) >= 11 is 0. The molecule has 0 spiro atoms. The first-order valence-electron chi connectivity index (χ1n) is 16.0. The van der Waals surface area contributed by atoms with Crippen LogP contribution in [0.2, 0.25) is 0 Å². The van der Waals surface area contributed by atoms with Crippen molar-refractivity contribution < 1.29 is 38.1 Å². The van der Waals surface area contributed by atoms with E-state index in [1.165, 1.54) is 53.2 Å². The average Bonchev–Trinajstić information content (AvgIpc) is 3.22. The minimum atomic E-state index is -0.536. The van der Waals surface area contributed by atoms with Crippen LogP contribution >= 0.6 is 0 Å². The summed E-state index contributed by atoms with van der Waals surface area (Å²) in [6.45, 7) is 0. The molecule has 14 heteroatoms. The fourth-order valence-corrected chi connectivity index (χ4v) is 4.79. The van der Waals surface area contributed by atoms with Gasteiger partial charge in [0.2, 0.25) is 0 Å². The highest BCUT2D eigenvalue weighted by Gasteiger charge is 2.12. The van der Waals surface area contributed by atoms with Crippen molar-refractivity contribution in [3.05, 3.63) is 141 Å². The summed E-state index contributed by atoms with van der Waals surface area (Å²) in [5, 5.41) is 0. The fraction of sp³-hybridized carbons (Fsp3) is 0.100. The summed E-state index contributed by atoms with van der Waals surface area (Å²) in [6.07, 6.45) is 25.6. The number of ether oxygens (including phenoxy) is 4. The lowest BCUT2D eigenvalue weighted by Crippen LogP contribution is -2.02. The Labute approximate surface area is 309 Å². The summed E-state index contributed by atoms with van der Waals surface area (Å²) < 4.78 is 19.3. The van der Waals surface area contributed by atoms with Gasteiger partial charge in [0, 0.05) is 49.6 Å². The molecular weight excluding hydrogens is 692 g/mol. The van der Waals surface area contributed by atoms with Crippen LogP contribution in [-0.4, -0.2) is 82.2 Å². The van der Waals surface area contributed by atoms with Crippen LogP contribution in [-0.2, 0) is 18.9 Å². The predicted octanol–water partition coefficient (Wildman–Crippen LogP) is 5.88. The van der Waals surface area contributed by atoms with Crippen LogP contribution < -0.4 is 0 Å². The first kappa shape index (κ1) is 37.8. The van der Waals surface area contributed by atoms with Gasteiger partial charge in [-0.05, 0) is 70.8 Å². The molecule has 0 N–H and O–H groups in total. The molecule has 0 saturated carbocycles. The van der Waals surface area contributed by atoms with Crippen molar-refractivity contribution in [2.24, 2.45) is 0 Å². The van der Waals surface area contributed by atoms with E-state index >= 15 is 0 Å². The van der Waals surface area contributed by atoms with E-state index in [1.54, 1.807) is 97.7 Å². The molecule has 0 aliphatic carbocycles. The van der Waals surface area contributed by atoms with E-state index in [1.807, 2.05) is 0 Å². The first-order valence-corrected chi connectivity index (χ1v) is 16.0. The number of nitrogens with zero attached hydrogens (tertiary/aromatic N) is 6. The van der Waals surface area contributed by atoms with Gasteiger partial charge in [-0.15, -0.1) is 0 Å². The second-order valence-electron chi connectivity index (χ2n) is 11.1. The van der Waals surface area contributed by atoms with Crippen LogP contribution in [0.25, 0.3) is 48.6 Å². The molecule has 0 aromatic carbocycles. The molecule has 270 valence electrons. The van der Waals surface area contributed by atoms with Crippen molar-refractivity contribution in [1.29, 1.82) is 0 Å². The highest BCUT2D eigenvalue weighted by molar-refractivity contribution is 5.92. The lowest BCUT2D eigenvalue weighted by Gasteiger charge is -2.08. The molecule has 5 rings (SSSR count). The molecule has 0 amide bonds. The second kappa shape index (κ2) is 18.1. The third-order valence-corrected chi connectivity index (χ3v) is 7.46. The maximum absolute atomic E-state index is 12.2. The summed E-state index contributed by atoms with van der Waals surface area (Å²) in [5.41, 5.74) is 5.09. The highest BCUT2D eigenvalue weighted by atomic mass is 16.5. The van der Waals surface area contributed by atoms with E-state index in [2.05, 4.69) is 19.9 Å². The smallest absolute Gasteiger partial charge is 0.339 e. The fourth-order valence-electron chi connectivity index (χ4n) is 4.79. The molecule has 54 heavy (non-hydrogen) atoms. The van der Waals surface area contributed by atoms with Gasteiger partial charge < -0.3 is 18.9 Å². The van der Waals surface area contributed by atoms with E-state index in [-0.39, 0.29) is 22.3 Å². The molecular formula is C40H32N6O8. The number of methoxy groups -OCH3 is 4. The zero-order chi connectivity index (χ0) is 38.5. The quantitative estimate of drug-likeness (QED) is 0.110. The molecule has 0 aliphatic heterocycles. The maximum Gasteiger partial charge on any atom is 0.339 e. The minimum Gasteiger partial charge on any atom is -0.465 e. The number of pyridine rings is 4. The van der Waals surface area contributed by atoms with Gasteiger partial charge in [-0.2, -0.15) is 0 Å². The average molecular weight is 725 g/mol. The van der Waals surface area contributed by atoms with E-state index in [4.69, 9.17) is 28.9 Å². The Balaban J connectivity index is 1.66. The van der Waals surface area contributed by atoms with Gasteiger partial charge in [-0.3, -0.25) is 19.9 Å². The van der Waals surface area contributed by atoms with Crippen LogP contribution in [0.15, 0.2) is 73.8 Å². The monoisotopic (exact) mass is 724 g/mol. The molecule has 0 fully saturated rings. The van der Waals surface area contributed by atoms with Gasteiger partial charge in [0.15, 0.2) is 0 Å². The van der Waals surface area contributed by atoms with Gasteiger partial charge in [0.1, 0.15) is 0 Å². The third kappa shape index (κ3) is 9.85. The number of hydrogen-bond donors (Lipinski definition) is 0. The largest absolute Gasteiger partial charge is 0.465 e. The number of hydrogen-bond acceptors (Lipinski definition) is 14. The third-order valence-electron chi connectivity index (χ3n) is 7.46. The van der Waals surface area contributed by atoms with Crippen LogP contribution in [0.4, 0.5) is 0 Å². The Bertz CT molecular complexity index is 2010. The Morgan fingerprint density at radius 3 is 0.796 bits per heavy atom. The van der Waals surface area contributed by atoms with Crippen molar-refractivity contribution >= 4 is 72.5 Å². The van der Waals surface area contributed by atoms with Crippen LogP contribution in [0.5, 0.6) is 0 Å². The summed E-state index contributed by atoms with van der Waals surface area (Å²) in [5.74, 6) is -2.15. The highest BCUT2D eigenvalue weighted by Crippen LogP contribution is 2.21. The molecule has 5 aromatic rings. The molecule has 5 aromatic heterocycles. The standard InChI is InChI=1S/C40H32N6O8/c1-51-37(47)29-13-25(17-41-21-29)5-9-33-34(10-6-26-14-30(22-42-18-26)38(48)52-2)46-36(12-8-28-16-32(24-44-20-28)40(50)54-4)35(45-33)11-7-27-15-31(23-43-19-27)39(49)53-3/h5-24H,1-4H3/b9-5+,10-6+,11-7+,12-8+. The van der Waals surface area contributed by atoms with E-state index in [0.717, 1.165) is 0 Å². The van der Waals surface area contributed by atoms with Crippen molar-refractivity contribution in [2.45, 2.75) is 0 Å². The van der Waals surface area contributed by atoms with Crippen molar-refractivity contribution in [3.63, 3.8) is 0 Å². The Kier molecular flexibility index (Phi) is 12.7. The van der Waals surface area contributed by atoms with Gasteiger partial charge in [0.25, 0.3) is 0 Å². The van der Waals surface area contributed by atoms with Gasteiger partial charge >= 0.3 is 23.9 Å². The number of esters is 4. The molecule has 0 atom stereocenters. The lowest BCUT2D eigenvalue weighted by atomic mass is 10.1. The Hall–Kier alpha value is -7.48. The van der Waals surface area contributed by atoms with Gasteiger partial charge in [-0.1, -0.05) is 24.3 Å². The topological polar surface area (TPSA) is 183 Å². The summed E-state index contributed by atoms with van der Waals surface area (Å²) in [6, 6.07) is 6.49. The molecule has 0 radical (unpaired) electrons. The first-order chi connectivity index (χ1) is 26.2. The second-order valence-corrected chi connectivity index (χ2v) is 11.1. The number of aromatic nitrogens is 6. The molecule has 0 saturated heterocycles. The Morgan fingerprint density at radius 2 is 0.593 bits per heavy atom. The predicted molar refractivity (Wildman–Crippen MR) is 200 cm³/mol. The molecule has 5 heterocycles. The van der Waals surface area contributed by atoms with Crippen LogP contribution in [0.1, 0.15) is 86.5 Å². The Morgan fingerprint density at radius 1 is 0.370 bits per heavy atom. The number of rotatable bonds is 12. The van der Waals surface area contributed by atoms with Gasteiger partial charge in [0.05, 0.1) is 73.5 Å². The maximum atomic E-state index is 12.2. The van der Waals surface area contributed by atoms with E-state index < -0.39 is 23.9 Å². The normalized spacial score (nSPS) is 11.3. The van der Waals surface area contributed by atoms with Crippen molar-refractivity contribution in [1.82, 2.24) is 29.9 Å². The lowest BCUT2D eigenvalue weighted by molar-refractivity contribution is 0.0591. The summed E-state index contributed by atoms with van der Waals surface area (Å²) in [7, 11) is 5.15.